The summed E-state index contributed by atoms with van der Waals surface area (Å²) in [4.78, 5) is 24.0. The molecule has 1 amide bonds. The fraction of sp³-hybridized carbons (Fsp3) is 0.200. The van der Waals surface area contributed by atoms with Gasteiger partial charge in [0.15, 0.2) is 6.10 Å². The van der Waals surface area contributed by atoms with Crippen LogP contribution in [-0.4, -0.2) is 25.1 Å². The fourth-order valence-electron chi connectivity index (χ4n) is 2.25. The monoisotopic (exact) mass is 393 g/mol. The van der Waals surface area contributed by atoms with Crippen LogP contribution in [0.15, 0.2) is 54.6 Å². The van der Waals surface area contributed by atoms with Crippen molar-refractivity contribution in [3.63, 3.8) is 0 Å². The average Bonchev–Trinajstić information content (AvgIpc) is 2.66. The number of methoxy groups -OCH3 is 1. The van der Waals surface area contributed by atoms with E-state index < -0.39 is 35.4 Å². The predicted molar refractivity (Wildman–Crippen MR) is 97.7 cm³/mol. The molecule has 2 aromatic carbocycles. The number of carbonyl (C=O) groups excluding carboxylic acids is 2. The minimum absolute atomic E-state index is 0.408. The molecular formula is C20H18F3NO4. The average molecular weight is 393 g/mol. The molecule has 0 radical (unpaired) electrons. The molecule has 1 N–H and O–H groups in total. The second-order valence-corrected chi connectivity index (χ2v) is 5.72. The van der Waals surface area contributed by atoms with Gasteiger partial charge in [0.05, 0.1) is 18.4 Å². The maximum Gasteiger partial charge on any atom is 0.418 e. The summed E-state index contributed by atoms with van der Waals surface area (Å²) in [5, 5.41) is 2.13. The lowest BCUT2D eigenvalue weighted by atomic mass is 10.1. The zero-order valence-corrected chi connectivity index (χ0v) is 15.1. The van der Waals surface area contributed by atoms with Gasteiger partial charge in [0, 0.05) is 6.08 Å². The van der Waals surface area contributed by atoms with Crippen molar-refractivity contribution >= 4 is 23.6 Å². The normalized spacial score (nSPS) is 12.5. The van der Waals surface area contributed by atoms with Crippen LogP contribution < -0.4 is 10.1 Å². The first-order valence-corrected chi connectivity index (χ1v) is 8.20. The number of para-hydroxylation sites is 1. The molecule has 0 aromatic heterocycles. The van der Waals surface area contributed by atoms with Gasteiger partial charge in [-0.15, -0.1) is 0 Å². The first-order valence-electron chi connectivity index (χ1n) is 8.20. The Morgan fingerprint density at radius 2 is 1.82 bits per heavy atom. The van der Waals surface area contributed by atoms with Gasteiger partial charge in [0.2, 0.25) is 0 Å². The van der Waals surface area contributed by atoms with Gasteiger partial charge in [-0.25, -0.2) is 4.79 Å². The van der Waals surface area contributed by atoms with E-state index in [4.69, 9.17) is 9.47 Å². The Hall–Kier alpha value is -3.29. The Labute approximate surface area is 159 Å². The lowest BCUT2D eigenvalue weighted by Gasteiger charge is -2.16. The molecule has 0 unspecified atom stereocenters. The SMILES string of the molecule is COc1cccc(/C=C/C(=O)O[C@H](C)C(=O)Nc2ccccc2C(F)(F)F)c1. The number of nitrogens with one attached hydrogen (secondary N) is 1. The van der Waals surface area contributed by atoms with Gasteiger partial charge < -0.3 is 14.8 Å². The molecule has 1 atom stereocenters. The summed E-state index contributed by atoms with van der Waals surface area (Å²) in [5.41, 5.74) is -0.720. The highest BCUT2D eigenvalue weighted by Crippen LogP contribution is 2.34. The van der Waals surface area contributed by atoms with Crippen LogP contribution >= 0.6 is 0 Å². The number of amides is 1. The lowest BCUT2D eigenvalue weighted by Crippen LogP contribution is -2.30. The maximum atomic E-state index is 13.0. The van der Waals surface area contributed by atoms with Crippen molar-refractivity contribution < 1.29 is 32.2 Å². The molecule has 0 aliphatic heterocycles. The number of ether oxygens (including phenoxy) is 2. The van der Waals surface area contributed by atoms with Crippen molar-refractivity contribution in [3.05, 3.63) is 65.7 Å². The van der Waals surface area contributed by atoms with Crippen molar-refractivity contribution in [2.24, 2.45) is 0 Å². The Morgan fingerprint density at radius 3 is 2.50 bits per heavy atom. The standard InChI is InChI=1S/C20H18F3NO4/c1-13(19(26)24-17-9-4-3-8-16(17)20(21,22)23)28-18(25)11-10-14-6-5-7-15(12-14)27-2/h3-13H,1-2H3,(H,24,26)/b11-10+/t13-/m1/s1. The maximum absolute atomic E-state index is 13.0. The number of esters is 1. The van der Waals surface area contributed by atoms with Crippen molar-refractivity contribution in [1.82, 2.24) is 0 Å². The van der Waals surface area contributed by atoms with Gasteiger partial charge in [0.1, 0.15) is 5.75 Å². The highest BCUT2D eigenvalue weighted by molar-refractivity contribution is 5.97. The van der Waals surface area contributed by atoms with Crippen LogP contribution in [0.3, 0.4) is 0 Å². The van der Waals surface area contributed by atoms with Gasteiger partial charge in [-0.1, -0.05) is 24.3 Å². The topological polar surface area (TPSA) is 64.6 Å². The summed E-state index contributed by atoms with van der Waals surface area (Å²) in [7, 11) is 1.51. The van der Waals surface area contributed by atoms with E-state index in [1.807, 2.05) is 0 Å². The zero-order valence-electron chi connectivity index (χ0n) is 15.1. The first-order chi connectivity index (χ1) is 13.2. The lowest BCUT2D eigenvalue weighted by molar-refractivity contribution is -0.148. The minimum Gasteiger partial charge on any atom is -0.497 e. The third kappa shape index (κ3) is 5.87. The number of halogens is 3. The second-order valence-electron chi connectivity index (χ2n) is 5.72. The van der Waals surface area contributed by atoms with E-state index >= 15 is 0 Å². The van der Waals surface area contributed by atoms with Crippen LogP contribution in [0, 0.1) is 0 Å². The number of rotatable bonds is 6. The van der Waals surface area contributed by atoms with Gasteiger partial charge in [-0.05, 0) is 42.8 Å². The molecule has 148 valence electrons. The Balaban J connectivity index is 1.99. The quantitative estimate of drug-likeness (QED) is 0.587. The van der Waals surface area contributed by atoms with Crippen molar-refractivity contribution in [2.75, 3.05) is 12.4 Å². The fourth-order valence-corrected chi connectivity index (χ4v) is 2.25. The van der Waals surface area contributed by atoms with E-state index in [-0.39, 0.29) is 0 Å². The van der Waals surface area contributed by atoms with Crippen LogP contribution in [-0.2, 0) is 20.5 Å². The summed E-state index contributed by atoms with van der Waals surface area (Å²) < 4.78 is 48.9. The molecule has 2 aromatic rings. The van der Waals surface area contributed by atoms with E-state index in [2.05, 4.69) is 5.32 Å². The van der Waals surface area contributed by atoms with Crippen LogP contribution in [0.5, 0.6) is 5.75 Å². The Bertz CT molecular complexity index is 878. The van der Waals surface area contributed by atoms with Gasteiger partial charge in [-0.3, -0.25) is 4.79 Å². The predicted octanol–water partition coefficient (Wildman–Crippen LogP) is 4.30. The number of carbonyl (C=O) groups is 2. The molecule has 0 fully saturated rings. The molecule has 0 saturated carbocycles. The molecule has 5 nitrogen and oxygen atoms in total. The molecule has 28 heavy (non-hydrogen) atoms. The molecule has 8 heteroatoms. The molecular weight excluding hydrogens is 375 g/mol. The summed E-state index contributed by atoms with van der Waals surface area (Å²) in [6.07, 6.45) is -3.33. The summed E-state index contributed by atoms with van der Waals surface area (Å²) in [5.74, 6) is -1.08. The number of hydrogen-bond acceptors (Lipinski definition) is 4. The highest BCUT2D eigenvalue weighted by Gasteiger charge is 2.34. The van der Waals surface area contributed by atoms with Crippen molar-refractivity contribution in [1.29, 1.82) is 0 Å². The highest BCUT2D eigenvalue weighted by atomic mass is 19.4. The zero-order chi connectivity index (χ0) is 20.7. The van der Waals surface area contributed by atoms with E-state index in [1.54, 1.807) is 24.3 Å². The smallest absolute Gasteiger partial charge is 0.418 e. The summed E-state index contributed by atoms with van der Waals surface area (Å²) >= 11 is 0. The molecule has 0 bridgehead atoms. The Kier molecular flexibility index (Phi) is 6.81. The van der Waals surface area contributed by atoms with Crippen LogP contribution in [0.1, 0.15) is 18.1 Å². The van der Waals surface area contributed by atoms with Crippen molar-refractivity contribution in [3.8, 4) is 5.75 Å². The molecule has 0 spiro atoms. The summed E-state index contributed by atoms with van der Waals surface area (Å²) in [6.45, 7) is 1.27. The third-order valence-electron chi connectivity index (χ3n) is 3.66. The van der Waals surface area contributed by atoms with Crippen LogP contribution in [0.25, 0.3) is 6.08 Å². The largest absolute Gasteiger partial charge is 0.497 e. The van der Waals surface area contributed by atoms with Gasteiger partial charge in [-0.2, -0.15) is 13.2 Å². The third-order valence-corrected chi connectivity index (χ3v) is 3.66. The molecule has 0 saturated heterocycles. The van der Waals surface area contributed by atoms with Crippen LogP contribution in [0.2, 0.25) is 0 Å². The van der Waals surface area contributed by atoms with Crippen molar-refractivity contribution in [2.45, 2.75) is 19.2 Å². The Morgan fingerprint density at radius 1 is 1.11 bits per heavy atom. The number of hydrogen-bond donors (Lipinski definition) is 1. The first kappa shape index (κ1) is 21.0. The van der Waals surface area contributed by atoms with E-state index in [1.165, 1.54) is 32.2 Å². The van der Waals surface area contributed by atoms with E-state index in [0.717, 1.165) is 18.2 Å². The van der Waals surface area contributed by atoms with E-state index in [0.29, 0.717) is 11.3 Å². The summed E-state index contributed by atoms with van der Waals surface area (Å²) in [6, 6.07) is 11.4. The number of anilines is 1. The molecule has 0 heterocycles. The molecule has 0 aliphatic carbocycles. The van der Waals surface area contributed by atoms with Gasteiger partial charge >= 0.3 is 12.1 Å². The number of alkyl halides is 3. The van der Waals surface area contributed by atoms with E-state index in [9.17, 15) is 22.8 Å². The molecule has 2 rings (SSSR count). The minimum atomic E-state index is -4.62. The van der Waals surface area contributed by atoms with Gasteiger partial charge in [0.25, 0.3) is 5.91 Å². The van der Waals surface area contributed by atoms with Crippen LogP contribution in [0.4, 0.5) is 18.9 Å². The number of benzene rings is 2. The molecule has 0 aliphatic rings. The second kappa shape index (κ2) is 9.07.